The molecule has 2 fully saturated rings. The molecule has 2 aromatic carbocycles. The molecule has 1 unspecified atom stereocenters. The van der Waals surface area contributed by atoms with Crippen LogP contribution in [0.25, 0.3) is 0 Å². The summed E-state index contributed by atoms with van der Waals surface area (Å²) in [5.41, 5.74) is 2.56. The molecule has 3 amide bonds. The number of methoxy groups -OCH3 is 1. The van der Waals surface area contributed by atoms with Gasteiger partial charge in [0.25, 0.3) is 5.91 Å². The van der Waals surface area contributed by atoms with Gasteiger partial charge in [-0.05, 0) is 56.0 Å². The fourth-order valence-corrected chi connectivity index (χ4v) is 4.17. The van der Waals surface area contributed by atoms with Crippen LogP contribution in [0.15, 0.2) is 42.5 Å². The van der Waals surface area contributed by atoms with Crippen molar-refractivity contribution in [1.82, 2.24) is 5.32 Å². The van der Waals surface area contributed by atoms with Gasteiger partial charge in [-0.2, -0.15) is 0 Å². The normalized spacial score (nSPS) is 17.8. The van der Waals surface area contributed by atoms with E-state index in [1.165, 1.54) is 0 Å². The number of rotatable bonds is 7. The molecule has 2 aliphatic heterocycles. The lowest BCUT2D eigenvalue weighted by Gasteiger charge is -2.22. The topological polar surface area (TPSA) is 91.9 Å². The first-order valence-corrected chi connectivity index (χ1v) is 11.1. The van der Waals surface area contributed by atoms with E-state index in [-0.39, 0.29) is 12.0 Å². The number of benzene rings is 2. The van der Waals surface area contributed by atoms with Crippen LogP contribution in [0.5, 0.6) is 5.75 Å². The van der Waals surface area contributed by atoms with E-state index in [4.69, 9.17) is 9.47 Å². The van der Waals surface area contributed by atoms with Crippen molar-refractivity contribution in [1.29, 1.82) is 0 Å². The molecule has 0 spiro atoms. The van der Waals surface area contributed by atoms with Crippen LogP contribution in [0.3, 0.4) is 0 Å². The lowest BCUT2D eigenvalue weighted by atomic mass is 10.1. The maximum atomic E-state index is 13.1. The predicted molar refractivity (Wildman–Crippen MR) is 125 cm³/mol. The molecule has 4 rings (SSSR count). The predicted octanol–water partition coefficient (Wildman–Crippen LogP) is 3.85. The first-order valence-electron chi connectivity index (χ1n) is 11.1. The average molecular weight is 439 g/mol. The molecule has 0 radical (unpaired) electrons. The van der Waals surface area contributed by atoms with Crippen molar-refractivity contribution in [3.05, 3.63) is 48.0 Å². The van der Waals surface area contributed by atoms with Crippen LogP contribution in [-0.4, -0.2) is 51.4 Å². The van der Waals surface area contributed by atoms with Gasteiger partial charge < -0.3 is 30.3 Å². The van der Waals surface area contributed by atoms with Crippen LogP contribution in [0.4, 0.5) is 21.9 Å². The van der Waals surface area contributed by atoms with Crippen molar-refractivity contribution >= 4 is 29.0 Å². The number of hydrogen-bond acceptors (Lipinski definition) is 5. The zero-order valence-electron chi connectivity index (χ0n) is 18.4. The summed E-state index contributed by atoms with van der Waals surface area (Å²) in [6, 6.07) is 12.3. The molecule has 0 saturated carbocycles. The van der Waals surface area contributed by atoms with Gasteiger partial charge in [0.15, 0.2) is 0 Å². The summed E-state index contributed by atoms with van der Waals surface area (Å²) in [5.74, 6) is 0.414. The van der Waals surface area contributed by atoms with Gasteiger partial charge >= 0.3 is 6.03 Å². The number of para-hydroxylation sites is 2. The van der Waals surface area contributed by atoms with Crippen molar-refractivity contribution in [2.45, 2.75) is 31.8 Å². The third-order valence-electron chi connectivity index (χ3n) is 5.82. The molecule has 32 heavy (non-hydrogen) atoms. The Morgan fingerprint density at radius 1 is 1.09 bits per heavy atom. The molecule has 3 N–H and O–H groups in total. The van der Waals surface area contributed by atoms with Crippen LogP contribution in [0, 0.1) is 0 Å². The summed E-state index contributed by atoms with van der Waals surface area (Å²) >= 11 is 0. The van der Waals surface area contributed by atoms with Gasteiger partial charge in [-0.25, -0.2) is 4.79 Å². The fraction of sp³-hybridized carbons (Fsp3) is 0.417. The Balaban J connectivity index is 1.48. The minimum absolute atomic E-state index is 0.0714. The molecule has 2 saturated heterocycles. The summed E-state index contributed by atoms with van der Waals surface area (Å²) in [6.45, 7) is 3.09. The zero-order chi connectivity index (χ0) is 22.3. The Morgan fingerprint density at radius 3 is 2.66 bits per heavy atom. The molecular weight excluding hydrogens is 408 g/mol. The van der Waals surface area contributed by atoms with Gasteiger partial charge in [-0.15, -0.1) is 0 Å². The first kappa shape index (κ1) is 22.0. The van der Waals surface area contributed by atoms with Crippen LogP contribution >= 0.6 is 0 Å². The van der Waals surface area contributed by atoms with Gasteiger partial charge in [0, 0.05) is 37.6 Å². The van der Waals surface area contributed by atoms with Gasteiger partial charge in [0.1, 0.15) is 5.75 Å². The maximum absolute atomic E-state index is 13.1. The largest absolute Gasteiger partial charge is 0.495 e. The third kappa shape index (κ3) is 5.31. The molecule has 2 heterocycles. The van der Waals surface area contributed by atoms with Crippen molar-refractivity contribution in [2.24, 2.45) is 0 Å². The van der Waals surface area contributed by atoms with Crippen LogP contribution in [0.1, 0.15) is 36.0 Å². The Labute approximate surface area is 188 Å². The second-order valence-electron chi connectivity index (χ2n) is 8.05. The number of carbonyl (C=O) groups excluding carboxylic acids is 2. The van der Waals surface area contributed by atoms with Gasteiger partial charge in [0.2, 0.25) is 0 Å². The highest BCUT2D eigenvalue weighted by Gasteiger charge is 2.22. The molecule has 2 aromatic rings. The Morgan fingerprint density at radius 2 is 1.91 bits per heavy atom. The van der Waals surface area contributed by atoms with Gasteiger partial charge in [-0.3, -0.25) is 4.79 Å². The summed E-state index contributed by atoms with van der Waals surface area (Å²) in [7, 11) is 1.55. The Kier molecular flexibility index (Phi) is 7.11. The standard InChI is InChI=1S/C24H30N4O4/c1-31-22-9-3-2-8-20(22)27-24(30)26-17-10-11-21(28-12-4-5-13-28)19(15-17)23(29)25-16-18-7-6-14-32-18/h2-3,8-11,15,18H,4-7,12-14,16H2,1H3,(H,25,29)(H2,26,27,30). The fourth-order valence-electron chi connectivity index (χ4n) is 4.17. The molecule has 0 aromatic heterocycles. The van der Waals surface area contributed by atoms with Crippen LogP contribution < -0.4 is 25.6 Å². The second-order valence-corrected chi connectivity index (χ2v) is 8.05. The lowest BCUT2D eigenvalue weighted by molar-refractivity contribution is 0.0858. The minimum atomic E-state index is -0.408. The molecule has 170 valence electrons. The number of urea groups is 1. The van der Waals surface area contributed by atoms with Crippen LogP contribution in [-0.2, 0) is 4.74 Å². The molecule has 0 aliphatic carbocycles. The lowest BCUT2D eigenvalue weighted by Crippen LogP contribution is -2.33. The smallest absolute Gasteiger partial charge is 0.323 e. The molecule has 8 heteroatoms. The van der Waals surface area contributed by atoms with E-state index in [0.29, 0.717) is 29.2 Å². The average Bonchev–Trinajstić information content (AvgIpc) is 3.52. The monoisotopic (exact) mass is 438 g/mol. The molecule has 0 bridgehead atoms. The van der Waals surface area contributed by atoms with Gasteiger partial charge in [-0.1, -0.05) is 12.1 Å². The van der Waals surface area contributed by atoms with Gasteiger partial charge in [0.05, 0.1) is 24.5 Å². The molecule has 2 aliphatic rings. The van der Waals surface area contributed by atoms with E-state index < -0.39 is 6.03 Å². The second kappa shape index (κ2) is 10.4. The highest BCUT2D eigenvalue weighted by atomic mass is 16.5. The van der Waals surface area contributed by atoms with Crippen molar-refractivity contribution in [3.63, 3.8) is 0 Å². The van der Waals surface area contributed by atoms with E-state index in [1.807, 2.05) is 24.3 Å². The minimum Gasteiger partial charge on any atom is -0.495 e. The Bertz CT molecular complexity index is 953. The molecule has 1 atom stereocenters. The zero-order valence-corrected chi connectivity index (χ0v) is 18.4. The number of amides is 3. The number of hydrogen-bond donors (Lipinski definition) is 3. The van der Waals surface area contributed by atoms with E-state index in [2.05, 4.69) is 20.9 Å². The summed E-state index contributed by atoms with van der Waals surface area (Å²) in [4.78, 5) is 27.8. The van der Waals surface area contributed by atoms with Crippen molar-refractivity contribution in [2.75, 3.05) is 48.9 Å². The quantitative estimate of drug-likeness (QED) is 0.611. The van der Waals surface area contributed by atoms with E-state index in [9.17, 15) is 9.59 Å². The van der Waals surface area contributed by atoms with Crippen molar-refractivity contribution < 1.29 is 19.1 Å². The summed E-state index contributed by atoms with van der Waals surface area (Å²) in [6.07, 6.45) is 4.28. The number of nitrogens with one attached hydrogen (secondary N) is 3. The third-order valence-corrected chi connectivity index (χ3v) is 5.82. The summed E-state index contributed by atoms with van der Waals surface area (Å²) < 4.78 is 10.9. The number of ether oxygens (including phenoxy) is 2. The van der Waals surface area contributed by atoms with Crippen LogP contribution in [0.2, 0.25) is 0 Å². The summed E-state index contributed by atoms with van der Waals surface area (Å²) in [5, 5.41) is 8.62. The number of anilines is 3. The number of nitrogens with zero attached hydrogens (tertiary/aromatic N) is 1. The Hall–Kier alpha value is -3.26. The highest BCUT2D eigenvalue weighted by Crippen LogP contribution is 2.28. The SMILES string of the molecule is COc1ccccc1NC(=O)Nc1ccc(N2CCCC2)c(C(=O)NCC2CCCO2)c1. The molecule has 8 nitrogen and oxygen atoms in total. The first-order chi connectivity index (χ1) is 15.6. The number of carbonyl (C=O) groups is 2. The van der Waals surface area contributed by atoms with Crippen molar-refractivity contribution in [3.8, 4) is 5.75 Å². The van der Waals surface area contributed by atoms with E-state index in [1.54, 1.807) is 25.3 Å². The maximum Gasteiger partial charge on any atom is 0.323 e. The van der Waals surface area contributed by atoms with E-state index >= 15 is 0 Å². The van der Waals surface area contributed by atoms with E-state index in [0.717, 1.165) is 51.1 Å². The molecular formula is C24H30N4O4. The highest BCUT2D eigenvalue weighted by molar-refractivity contribution is 6.04.